The van der Waals surface area contributed by atoms with Crippen LogP contribution in [0.4, 0.5) is 10.8 Å². The molecule has 6 heteroatoms. The number of nitrogens with zero attached hydrogens (tertiary/aromatic N) is 1. The van der Waals surface area contributed by atoms with E-state index in [1.165, 1.54) is 5.56 Å². The zero-order valence-electron chi connectivity index (χ0n) is 16.2. The number of nitrogens with one attached hydrogen (secondary N) is 2. The lowest BCUT2D eigenvalue weighted by Crippen LogP contribution is -2.20. The minimum absolute atomic E-state index is 0.113. The molecule has 28 heavy (non-hydrogen) atoms. The topological polar surface area (TPSA) is 67.2 Å². The highest BCUT2D eigenvalue weighted by molar-refractivity contribution is 7.19. The third kappa shape index (κ3) is 4.12. The Labute approximate surface area is 169 Å². The maximum absolute atomic E-state index is 12.4. The fourth-order valence-corrected chi connectivity index (χ4v) is 4.63. The van der Waals surface area contributed by atoms with Crippen molar-refractivity contribution < 1.29 is 9.21 Å². The van der Waals surface area contributed by atoms with E-state index in [0.29, 0.717) is 11.7 Å². The second-order valence-electron chi connectivity index (χ2n) is 7.37. The molecule has 146 valence electrons. The standard InChI is InChI=1S/C22H25N3O2S/c1-14-9-10-17(12-19(14)23-13-18-8-5-11-27-18)20-15(2)24-22(28-20)25-21(26)16-6-3-4-7-16/h5,8-12,16,23H,3-4,6-7,13H2,1-2H3,(H,24,25,26). The molecule has 0 spiro atoms. The van der Waals surface area contributed by atoms with Crippen molar-refractivity contribution in [1.29, 1.82) is 0 Å². The summed E-state index contributed by atoms with van der Waals surface area (Å²) in [4.78, 5) is 18.1. The molecule has 1 saturated carbocycles. The molecule has 5 nitrogen and oxygen atoms in total. The normalized spacial score (nSPS) is 14.4. The molecule has 2 heterocycles. The molecule has 0 radical (unpaired) electrons. The molecule has 3 aromatic rings. The van der Waals surface area contributed by atoms with E-state index in [1.807, 2.05) is 19.1 Å². The molecule has 1 aromatic carbocycles. The maximum Gasteiger partial charge on any atom is 0.229 e. The van der Waals surface area contributed by atoms with Crippen LogP contribution in [0.5, 0.6) is 0 Å². The predicted molar refractivity (Wildman–Crippen MR) is 114 cm³/mol. The van der Waals surface area contributed by atoms with Crippen molar-refractivity contribution in [2.45, 2.75) is 46.1 Å². The number of rotatable bonds is 6. The summed E-state index contributed by atoms with van der Waals surface area (Å²) in [6.07, 6.45) is 5.97. The number of anilines is 2. The van der Waals surface area contributed by atoms with E-state index >= 15 is 0 Å². The van der Waals surface area contributed by atoms with E-state index in [-0.39, 0.29) is 11.8 Å². The van der Waals surface area contributed by atoms with Gasteiger partial charge in [0.2, 0.25) is 5.91 Å². The number of hydrogen-bond acceptors (Lipinski definition) is 5. The summed E-state index contributed by atoms with van der Waals surface area (Å²) in [6.45, 7) is 4.72. The Hall–Kier alpha value is -2.60. The number of benzene rings is 1. The molecule has 0 bridgehead atoms. The van der Waals surface area contributed by atoms with Gasteiger partial charge in [-0.25, -0.2) is 4.98 Å². The molecule has 1 aliphatic carbocycles. The van der Waals surface area contributed by atoms with E-state index < -0.39 is 0 Å². The SMILES string of the molecule is Cc1ccc(-c2sc(NC(=O)C3CCCC3)nc2C)cc1NCc1ccco1. The molecule has 0 saturated heterocycles. The number of furan rings is 1. The van der Waals surface area contributed by atoms with Crippen LogP contribution in [0.25, 0.3) is 10.4 Å². The summed E-state index contributed by atoms with van der Waals surface area (Å²) < 4.78 is 5.40. The van der Waals surface area contributed by atoms with Crippen LogP contribution in [0, 0.1) is 19.8 Å². The molecule has 1 fully saturated rings. The number of hydrogen-bond donors (Lipinski definition) is 2. The zero-order valence-corrected chi connectivity index (χ0v) is 17.1. The van der Waals surface area contributed by atoms with Crippen LogP contribution in [-0.4, -0.2) is 10.9 Å². The average Bonchev–Trinajstić information content (AvgIpc) is 3.43. The van der Waals surface area contributed by atoms with Crippen molar-refractivity contribution in [1.82, 2.24) is 4.98 Å². The second-order valence-corrected chi connectivity index (χ2v) is 8.37. The Balaban J connectivity index is 1.51. The molecule has 0 atom stereocenters. The van der Waals surface area contributed by atoms with Crippen molar-refractivity contribution >= 4 is 28.1 Å². The second kappa shape index (κ2) is 8.19. The fourth-order valence-electron chi connectivity index (χ4n) is 3.66. The van der Waals surface area contributed by atoms with E-state index in [4.69, 9.17) is 4.42 Å². The van der Waals surface area contributed by atoms with Gasteiger partial charge in [0.15, 0.2) is 5.13 Å². The number of thiazole rings is 1. The van der Waals surface area contributed by atoms with Gasteiger partial charge in [0.1, 0.15) is 5.76 Å². The van der Waals surface area contributed by atoms with E-state index in [2.05, 4.69) is 40.7 Å². The first-order valence-electron chi connectivity index (χ1n) is 9.76. The molecule has 2 aromatic heterocycles. The Morgan fingerprint density at radius 1 is 1.25 bits per heavy atom. The lowest BCUT2D eigenvalue weighted by atomic mass is 10.1. The van der Waals surface area contributed by atoms with Crippen LogP contribution in [0.3, 0.4) is 0 Å². The van der Waals surface area contributed by atoms with Crippen molar-refractivity contribution in [3.63, 3.8) is 0 Å². The summed E-state index contributed by atoms with van der Waals surface area (Å²) in [5.74, 6) is 1.16. The summed E-state index contributed by atoms with van der Waals surface area (Å²) in [5, 5.41) is 7.16. The highest BCUT2D eigenvalue weighted by Crippen LogP contribution is 2.35. The molecule has 1 amide bonds. The Kier molecular flexibility index (Phi) is 5.48. The summed E-state index contributed by atoms with van der Waals surface area (Å²) in [6, 6.07) is 10.2. The first-order valence-corrected chi connectivity index (χ1v) is 10.6. The number of amides is 1. The van der Waals surface area contributed by atoms with Crippen LogP contribution in [-0.2, 0) is 11.3 Å². The van der Waals surface area contributed by atoms with Gasteiger partial charge < -0.3 is 15.1 Å². The molecule has 1 aliphatic rings. The van der Waals surface area contributed by atoms with Gasteiger partial charge in [0, 0.05) is 11.6 Å². The monoisotopic (exact) mass is 395 g/mol. The molecule has 0 aliphatic heterocycles. The fraction of sp³-hybridized carbons (Fsp3) is 0.364. The van der Waals surface area contributed by atoms with Crippen LogP contribution < -0.4 is 10.6 Å². The van der Waals surface area contributed by atoms with Crippen molar-refractivity contribution in [3.8, 4) is 10.4 Å². The van der Waals surface area contributed by atoms with Crippen molar-refractivity contribution in [3.05, 3.63) is 53.6 Å². The Bertz CT molecular complexity index is 956. The molecule has 0 unspecified atom stereocenters. The molecular weight excluding hydrogens is 370 g/mol. The molecule has 4 rings (SSSR count). The number of carbonyl (C=O) groups excluding carboxylic acids is 1. The molecular formula is C22H25N3O2S. The van der Waals surface area contributed by atoms with Crippen molar-refractivity contribution in [2.24, 2.45) is 5.92 Å². The number of carbonyl (C=O) groups is 1. The average molecular weight is 396 g/mol. The van der Waals surface area contributed by atoms with Gasteiger partial charge in [-0.1, -0.05) is 36.3 Å². The summed E-state index contributed by atoms with van der Waals surface area (Å²) in [5.41, 5.74) is 4.28. The van der Waals surface area contributed by atoms with E-state index in [1.54, 1.807) is 17.6 Å². The lowest BCUT2D eigenvalue weighted by molar-refractivity contribution is -0.119. The first kappa shape index (κ1) is 18.7. The highest BCUT2D eigenvalue weighted by atomic mass is 32.1. The summed E-state index contributed by atoms with van der Waals surface area (Å²) >= 11 is 1.54. The number of aryl methyl sites for hydroxylation is 2. The van der Waals surface area contributed by atoms with Gasteiger partial charge in [0.05, 0.1) is 23.4 Å². The summed E-state index contributed by atoms with van der Waals surface area (Å²) in [7, 11) is 0. The zero-order chi connectivity index (χ0) is 19.5. The van der Waals surface area contributed by atoms with Gasteiger partial charge >= 0.3 is 0 Å². The van der Waals surface area contributed by atoms with Crippen LogP contribution in [0.1, 0.15) is 42.7 Å². The van der Waals surface area contributed by atoms with Crippen molar-refractivity contribution in [2.75, 3.05) is 10.6 Å². The number of aromatic nitrogens is 1. The van der Waals surface area contributed by atoms with Gasteiger partial charge in [-0.15, -0.1) is 0 Å². The van der Waals surface area contributed by atoms with Gasteiger partial charge in [0.25, 0.3) is 0 Å². The minimum atomic E-state index is 0.113. The Morgan fingerprint density at radius 3 is 2.82 bits per heavy atom. The predicted octanol–water partition coefficient (Wildman–Crippen LogP) is 5.76. The minimum Gasteiger partial charge on any atom is -0.467 e. The lowest BCUT2D eigenvalue weighted by Gasteiger charge is -2.10. The van der Waals surface area contributed by atoms with Crippen LogP contribution in [0.2, 0.25) is 0 Å². The Morgan fingerprint density at radius 2 is 2.07 bits per heavy atom. The largest absolute Gasteiger partial charge is 0.467 e. The smallest absolute Gasteiger partial charge is 0.229 e. The van der Waals surface area contributed by atoms with Gasteiger partial charge in [-0.2, -0.15) is 0 Å². The molecule has 2 N–H and O–H groups in total. The van der Waals surface area contributed by atoms with Gasteiger partial charge in [-0.3, -0.25) is 4.79 Å². The highest BCUT2D eigenvalue weighted by Gasteiger charge is 2.24. The first-order chi connectivity index (χ1) is 13.6. The third-order valence-electron chi connectivity index (χ3n) is 5.29. The van der Waals surface area contributed by atoms with E-state index in [9.17, 15) is 4.79 Å². The maximum atomic E-state index is 12.4. The third-order valence-corrected chi connectivity index (χ3v) is 6.41. The van der Waals surface area contributed by atoms with E-state index in [0.717, 1.165) is 53.3 Å². The van der Waals surface area contributed by atoms with Crippen LogP contribution in [0.15, 0.2) is 41.0 Å². The van der Waals surface area contributed by atoms with Crippen LogP contribution >= 0.6 is 11.3 Å². The quantitative estimate of drug-likeness (QED) is 0.557. The van der Waals surface area contributed by atoms with Gasteiger partial charge in [-0.05, 0) is 56.0 Å².